The van der Waals surface area contributed by atoms with Gasteiger partial charge in [0.15, 0.2) is 0 Å². The minimum Gasteiger partial charge on any atom is -0.488 e. The average molecular weight is 487 g/mol. The van der Waals surface area contributed by atoms with Crippen molar-refractivity contribution in [2.24, 2.45) is 5.92 Å². The molecule has 186 valence electrons. The number of likely N-dealkylation sites (N-methyl/N-ethyl adjacent to an activating group) is 1. The minimum absolute atomic E-state index is 0.109. The van der Waals surface area contributed by atoms with Crippen molar-refractivity contribution in [3.63, 3.8) is 0 Å². The van der Waals surface area contributed by atoms with Gasteiger partial charge in [-0.1, -0.05) is 48.5 Å². The number of amides is 2. The molecule has 3 aromatic rings. The number of nitrogens with zero attached hydrogens (tertiary/aromatic N) is 3. The number of nitrogens with one attached hydrogen (secondary N) is 1. The molecule has 0 radical (unpaired) electrons. The molecule has 1 fully saturated rings. The van der Waals surface area contributed by atoms with Crippen LogP contribution < -0.4 is 10.2 Å². The molecule has 0 aliphatic carbocycles. The number of carbonyl (C=O) groups is 2. The van der Waals surface area contributed by atoms with Crippen LogP contribution in [-0.4, -0.2) is 70.6 Å². The van der Waals surface area contributed by atoms with Crippen LogP contribution in [-0.2, 0) is 9.59 Å². The molecule has 8 nitrogen and oxygen atoms in total. The highest BCUT2D eigenvalue weighted by Crippen LogP contribution is 2.31. The van der Waals surface area contributed by atoms with Gasteiger partial charge in [-0.2, -0.15) is 0 Å². The number of benzene rings is 2. The largest absolute Gasteiger partial charge is 0.488 e. The van der Waals surface area contributed by atoms with Crippen LogP contribution in [0.15, 0.2) is 72.9 Å². The standard InChI is InChI=1S/C28H30N4O4/c1-31-18-21(36-25-11-14-29-24-10-6-5-9-22(24)25)17-23(27(33)30-35)26(31)28(34)32-15-12-20(13-16-32)19-7-3-2-4-8-19/h2-12,14,21,23,26,35H,13,15-18H2,1H3,(H,30,33). The van der Waals surface area contributed by atoms with E-state index in [2.05, 4.69) is 23.2 Å². The van der Waals surface area contributed by atoms with Crippen LogP contribution in [0.4, 0.5) is 0 Å². The maximum absolute atomic E-state index is 13.6. The Labute approximate surface area is 210 Å². The summed E-state index contributed by atoms with van der Waals surface area (Å²) in [6, 6.07) is 19.0. The van der Waals surface area contributed by atoms with Crippen LogP contribution >= 0.6 is 0 Å². The van der Waals surface area contributed by atoms with Crippen LogP contribution in [0.25, 0.3) is 16.5 Å². The first kappa shape index (κ1) is 24.0. The number of piperidine rings is 1. The fourth-order valence-corrected chi connectivity index (χ4v) is 5.33. The zero-order valence-corrected chi connectivity index (χ0v) is 20.2. The maximum Gasteiger partial charge on any atom is 0.248 e. The second-order valence-electron chi connectivity index (χ2n) is 9.40. The van der Waals surface area contributed by atoms with Gasteiger partial charge >= 0.3 is 0 Å². The number of hydrogen-bond donors (Lipinski definition) is 2. The predicted octanol–water partition coefficient (Wildman–Crippen LogP) is 3.12. The van der Waals surface area contributed by atoms with Gasteiger partial charge in [0, 0.05) is 31.2 Å². The lowest BCUT2D eigenvalue weighted by Gasteiger charge is -2.43. The second-order valence-corrected chi connectivity index (χ2v) is 9.40. The third-order valence-electron chi connectivity index (χ3n) is 7.13. The summed E-state index contributed by atoms with van der Waals surface area (Å²) in [6.45, 7) is 1.55. The van der Waals surface area contributed by atoms with E-state index in [1.54, 1.807) is 16.6 Å². The van der Waals surface area contributed by atoms with Crippen molar-refractivity contribution < 1.29 is 19.5 Å². The van der Waals surface area contributed by atoms with Crippen molar-refractivity contribution in [3.05, 3.63) is 78.5 Å². The summed E-state index contributed by atoms with van der Waals surface area (Å²) in [5, 5.41) is 10.3. The maximum atomic E-state index is 13.6. The molecule has 3 heterocycles. The highest BCUT2D eigenvalue weighted by molar-refractivity contribution is 5.90. The number of hydrogen-bond acceptors (Lipinski definition) is 6. The molecule has 3 unspecified atom stereocenters. The fourth-order valence-electron chi connectivity index (χ4n) is 5.33. The summed E-state index contributed by atoms with van der Waals surface area (Å²) in [5.74, 6) is -0.756. The Balaban J connectivity index is 1.32. The smallest absolute Gasteiger partial charge is 0.248 e. The molecular weight excluding hydrogens is 456 g/mol. The van der Waals surface area contributed by atoms with Crippen molar-refractivity contribution >= 4 is 28.3 Å². The van der Waals surface area contributed by atoms with E-state index in [1.165, 1.54) is 11.1 Å². The zero-order chi connectivity index (χ0) is 25.1. The lowest BCUT2D eigenvalue weighted by molar-refractivity contribution is -0.151. The molecule has 0 bridgehead atoms. The number of pyridine rings is 1. The molecule has 0 saturated carbocycles. The lowest BCUT2D eigenvalue weighted by Crippen LogP contribution is -2.60. The normalized spacial score (nSPS) is 22.7. The van der Waals surface area contributed by atoms with Crippen molar-refractivity contribution in [1.29, 1.82) is 0 Å². The number of fused-ring (bicyclic) bond motifs is 1. The summed E-state index contributed by atoms with van der Waals surface area (Å²) in [7, 11) is 1.83. The summed E-state index contributed by atoms with van der Waals surface area (Å²) >= 11 is 0. The van der Waals surface area contributed by atoms with Crippen molar-refractivity contribution in [2.75, 3.05) is 26.7 Å². The van der Waals surface area contributed by atoms with Crippen molar-refractivity contribution in [1.82, 2.24) is 20.3 Å². The third-order valence-corrected chi connectivity index (χ3v) is 7.13. The number of para-hydroxylation sites is 1. The molecule has 5 rings (SSSR count). The van der Waals surface area contributed by atoms with Crippen molar-refractivity contribution in [2.45, 2.75) is 25.0 Å². The Bertz CT molecular complexity index is 1270. The SMILES string of the molecule is CN1CC(Oc2ccnc3ccccc23)CC(C(=O)NO)C1C(=O)N1CC=C(c2ccccc2)CC1. The fraction of sp³-hybridized carbons (Fsp3) is 0.321. The third kappa shape index (κ3) is 4.82. The molecule has 0 spiro atoms. The van der Waals surface area contributed by atoms with E-state index in [0.29, 0.717) is 31.8 Å². The van der Waals surface area contributed by atoms with Gasteiger partial charge in [-0.25, -0.2) is 5.48 Å². The van der Waals surface area contributed by atoms with Gasteiger partial charge in [0.1, 0.15) is 17.9 Å². The topological polar surface area (TPSA) is 95.0 Å². The molecule has 36 heavy (non-hydrogen) atoms. The molecule has 2 aliphatic heterocycles. The van der Waals surface area contributed by atoms with E-state index in [9.17, 15) is 14.8 Å². The highest BCUT2D eigenvalue weighted by Gasteiger charge is 2.45. The summed E-state index contributed by atoms with van der Waals surface area (Å²) in [4.78, 5) is 34.4. The predicted molar refractivity (Wildman–Crippen MR) is 136 cm³/mol. The molecule has 2 N–H and O–H groups in total. The number of hydroxylamine groups is 1. The summed E-state index contributed by atoms with van der Waals surface area (Å²) in [6.07, 6.45) is 4.51. The van der Waals surface area contributed by atoms with Gasteiger partial charge in [0.2, 0.25) is 11.8 Å². The summed E-state index contributed by atoms with van der Waals surface area (Å²) in [5.41, 5.74) is 4.98. The Morgan fingerprint density at radius 1 is 1.08 bits per heavy atom. The molecule has 8 heteroatoms. The van der Waals surface area contributed by atoms with Crippen molar-refractivity contribution in [3.8, 4) is 5.75 Å². The Morgan fingerprint density at radius 2 is 1.86 bits per heavy atom. The Morgan fingerprint density at radius 3 is 2.61 bits per heavy atom. The Hall–Kier alpha value is -3.75. The number of carbonyl (C=O) groups excluding carboxylic acids is 2. The number of ether oxygens (including phenoxy) is 1. The Kier molecular flexibility index (Phi) is 6.97. The molecule has 1 saturated heterocycles. The van der Waals surface area contributed by atoms with Gasteiger partial charge in [0.25, 0.3) is 0 Å². The number of rotatable bonds is 5. The van der Waals surface area contributed by atoms with Gasteiger partial charge in [-0.3, -0.25) is 24.7 Å². The highest BCUT2D eigenvalue weighted by atomic mass is 16.5. The molecular formula is C28H30N4O4. The van der Waals surface area contributed by atoms with Crippen LogP contribution in [0.5, 0.6) is 5.75 Å². The van der Waals surface area contributed by atoms with Gasteiger partial charge < -0.3 is 9.64 Å². The van der Waals surface area contributed by atoms with E-state index in [-0.39, 0.29) is 12.0 Å². The van der Waals surface area contributed by atoms with Crippen LogP contribution in [0.2, 0.25) is 0 Å². The van der Waals surface area contributed by atoms with Crippen LogP contribution in [0.1, 0.15) is 18.4 Å². The zero-order valence-electron chi connectivity index (χ0n) is 20.2. The average Bonchev–Trinajstić information content (AvgIpc) is 2.93. The first-order valence-corrected chi connectivity index (χ1v) is 12.2. The molecule has 2 aromatic carbocycles. The van der Waals surface area contributed by atoms with E-state index >= 15 is 0 Å². The molecule has 3 atom stereocenters. The van der Waals surface area contributed by atoms with E-state index in [4.69, 9.17) is 4.74 Å². The number of aromatic nitrogens is 1. The first-order chi connectivity index (χ1) is 17.5. The van der Waals surface area contributed by atoms with E-state index in [1.807, 2.05) is 60.5 Å². The van der Waals surface area contributed by atoms with Crippen LogP contribution in [0, 0.1) is 5.92 Å². The lowest BCUT2D eigenvalue weighted by atomic mass is 9.86. The van der Waals surface area contributed by atoms with Crippen LogP contribution in [0.3, 0.4) is 0 Å². The minimum atomic E-state index is -0.751. The second kappa shape index (κ2) is 10.5. The van der Waals surface area contributed by atoms with Gasteiger partial charge in [0.05, 0.1) is 11.4 Å². The van der Waals surface area contributed by atoms with E-state index < -0.39 is 17.9 Å². The monoisotopic (exact) mass is 486 g/mol. The van der Waals surface area contributed by atoms with Gasteiger partial charge in [-0.05, 0) is 49.2 Å². The molecule has 2 aliphatic rings. The van der Waals surface area contributed by atoms with E-state index in [0.717, 1.165) is 17.3 Å². The number of likely N-dealkylation sites (tertiary alicyclic amines) is 1. The van der Waals surface area contributed by atoms with Gasteiger partial charge in [-0.15, -0.1) is 0 Å². The molecule has 2 amide bonds. The summed E-state index contributed by atoms with van der Waals surface area (Å²) < 4.78 is 6.32. The first-order valence-electron chi connectivity index (χ1n) is 12.2. The molecule has 1 aromatic heterocycles. The quantitative estimate of drug-likeness (QED) is 0.425.